The van der Waals surface area contributed by atoms with E-state index in [1.807, 2.05) is 13.7 Å². The van der Waals surface area contributed by atoms with Gasteiger partial charge in [0, 0.05) is 18.7 Å². The highest BCUT2D eigenvalue weighted by molar-refractivity contribution is 6.14. The Labute approximate surface area is 99.7 Å². The lowest BCUT2D eigenvalue weighted by Crippen LogP contribution is -2.40. The summed E-state index contributed by atoms with van der Waals surface area (Å²) in [4.78, 5) is 42.4. The molecule has 0 saturated heterocycles. The van der Waals surface area contributed by atoms with Crippen LogP contribution >= 0.6 is 0 Å². The molecule has 3 amide bonds. The van der Waals surface area contributed by atoms with E-state index in [-0.39, 0.29) is 12.5 Å². The zero-order valence-electron chi connectivity index (χ0n) is 9.77. The third-order valence-electron chi connectivity index (χ3n) is 2.05. The van der Waals surface area contributed by atoms with Crippen LogP contribution in [0, 0.1) is 0 Å². The first-order chi connectivity index (χ1) is 8.15. The summed E-state index contributed by atoms with van der Waals surface area (Å²) in [6, 6.07) is 0. The molecule has 94 valence electrons. The quantitative estimate of drug-likeness (QED) is 0.525. The number of carbonyl (C=O) groups is 4. The number of rotatable bonds is 5. The van der Waals surface area contributed by atoms with Crippen molar-refractivity contribution in [2.45, 2.75) is 19.8 Å². The fourth-order valence-corrected chi connectivity index (χ4v) is 1.19. The average Bonchev–Trinajstić information content (AvgIpc) is 2.64. The monoisotopic (exact) mass is 240 g/mol. The van der Waals surface area contributed by atoms with Gasteiger partial charge < -0.3 is 10.1 Å². The minimum atomic E-state index is -0.425. The maximum atomic E-state index is 11.3. The second-order valence-corrected chi connectivity index (χ2v) is 3.30. The van der Waals surface area contributed by atoms with Crippen LogP contribution in [0.15, 0.2) is 12.2 Å². The standard InChI is InChI=1S/C10H14N2O3.CH2O/c1-2-3-6-11-8(13)7-12-9(14)4-5-10(12)15;1-2/h4-5H,2-3,6-7H2,1H3,(H,11,13);1H2. The number of imide groups is 1. The first kappa shape index (κ1) is 15.0. The molecule has 0 unspecified atom stereocenters. The summed E-state index contributed by atoms with van der Waals surface area (Å²) in [7, 11) is 0. The molecule has 17 heavy (non-hydrogen) atoms. The van der Waals surface area contributed by atoms with Crippen LogP contribution in [0.3, 0.4) is 0 Å². The highest BCUT2D eigenvalue weighted by Crippen LogP contribution is 2.02. The van der Waals surface area contributed by atoms with E-state index in [4.69, 9.17) is 4.79 Å². The van der Waals surface area contributed by atoms with E-state index in [1.54, 1.807) is 0 Å². The number of hydrogen-bond donors (Lipinski definition) is 1. The van der Waals surface area contributed by atoms with E-state index < -0.39 is 11.8 Å². The second kappa shape index (κ2) is 8.20. The van der Waals surface area contributed by atoms with E-state index >= 15 is 0 Å². The van der Waals surface area contributed by atoms with Crippen molar-refractivity contribution in [1.82, 2.24) is 10.2 Å². The molecule has 0 spiro atoms. The summed E-state index contributed by atoms with van der Waals surface area (Å²) < 4.78 is 0. The third-order valence-corrected chi connectivity index (χ3v) is 2.05. The molecule has 6 heteroatoms. The highest BCUT2D eigenvalue weighted by atomic mass is 16.2. The van der Waals surface area contributed by atoms with Gasteiger partial charge in [0.15, 0.2) is 0 Å². The van der Waals surface area contributed by atoms with Crippen LogP contribution in [0.5, 0.6) is 0 Å². The number of amides is 3. The average molecular weight is 240 g/mol. The Balaban J connectivity index is 0.00000121. The highest BCUT2D eigenvalue weighted by Gasteiger charge is 2.25. The number of carbonyl (C=O) groups excluding carboxylic acids is 4. The van der Waals surface area contributed by atoms with Crippen LogP contribution in [-0.4, -0.2) is 42.5 Å². The van der Waals surface area contributed by atoms with Crippen molar-refractivity contribution in [1.29, 1.82) is 0 Å². The largest absolute Gasteiger partial charge is 0.355 e. The summed E-state index contributed by atoms with van der Waals surface area (Å²) in [6.45, 7) is 4.41. The first-order valence-electron chi connectivity index (χ1n) is 5.24. The summed E-state index contributed by atoms with van der Waals surface area (Å²) in [6.07, 6.45) is 4.22. The van der Waals surface area contributed by atoms with Crippen LogP contribution in [0.25, 0.3) is 0 Å². The Hall–Kier alpha value is -1.98. The van der Waals surface area contributed by atoms with E-state index in [0.717, 1.165) is 17.7 Å². The van der Waals surface area contributed by atoms with E-state index in [9.17, 15) is 14.4 Å². The molecule has 0 aromatic rings. The van der Waals surface area contributed by atoms with Crippen molar-refractivity contribution >= 4 is 24.5 Å². The number of nitrogens with zero attached hydrogens (tertiary/aromatic N) is 1. The summed E-state index contributed by atoms with van der Waals surface area (Å²) >= 11 is 0. The second-order valence-electron chi connectivity index (χ2n) is 3.30. The minimum Gasteiger partial charge on any atom is -0.355 e. The predicted molar refractivity (Wildman–Crippen MR) is 60.9 cm³/mol. The molecule has 1 heterocycles. The molecule has 0 radical (unpaired) electrons. The maximum absolute atomic E-state index is 11.3. The fraction of sp³-hybridized carbons (Fsp3) is 0.455. The van der Waals surface area contributed by atoms with Gasteiger partial charge in [-0.25, -0.2) is 0 Å². The summed E-state index contributed by atoms with van der Waals surface area (Å²) in [5, 5.41) is 2.64. The van der Waals surface area contributed by atoms with Crippen molar-refractivity contribution in [2.75, 3.05) is 13.1 Å². The van der Waals surface area contributed by atoms with Crippen molar-refractivity contribution in [3.05, 3.63) is 12.2 Å². The van der Waals surface area contributed by atoms with Gasteiger partial charge in [-0.1, -0.05) is 13.3 Å². The van der Waals surface area contributed by atoms with Gasteiger partial charge >= 0.3 is 0 Å². The van der Waals surface area contributed by atoms with Crippen LogP contribution in [0.2, 0.25) is 0 Å². The van der Waals surface area contributed by atoms with Gasteiger partial charge in [-0.05, 0) is 6.42 Å². The Morgan fingerprint density at radius 3 is 2.29 bits per heavy atom. The lowest BCUT2D eigenvalue weighted by Gasteiger charge is -2.12. The Morgan fingerprint density at radius 2 is 1.82 bits per heavy atom. The summed E-state index contributed by atoms with van der Waals surface area (Å²) in [5.41, 5.74) is 0. The summed E-state index contributed by atoms with van der Waals surface area (Å²) in [5.74, 6) is -1.15. The van der Waals surface area contributed by atoms with Gasteiger partial charge in [0.2, 0.25) is 5.91 Å². The normalized spacial score (nSPS) is 13.4. The number of nitrogens with one attached hydrogen (secondary N) is 1. The van der Waals surface area contributed by atoms with E-state index in [0.29, 0.717) is 6.54 Å². The van der Waals surface area contributed by atoms with Gasteiger partial charge in [0.05, 0.1) is 0 Å². The smallest absolute Gasteiger partial charge is 0.254 e. The number of hydrogen-bond acceptors (Lipinski definition) is 4. The Kier molecular flexibility index (Phi) is 7.25. The van der Waals surface area contributed by atoms with Crippen LogP contribution in [0.4, 0.5) is 0 Å². The van der Waals surface area contributed by atoms with Crippen molar-refractivity contribution in [3.8, 4) is 0 Å². The molecule has 0 aromatic carbocycles. The molecule has 0 fully saturated rings. The molecule has 0 saturated carbocycles. The zero-order chi connectivity index (χ0) is 13.3. The fourth-order valence-electron chi connectivity index (χ4n) is 1.19. The molecule has 6 nitrogen and oxygen atoms in total. The molecule has 1 rings (SSSR count). The topological polar surface area (TPSA) is 83.6 Å². The Morgan fingerprint density at radius 1 is 1.29 bits per heavy atom. The van der Waals surface area contributed by atoms with Crippen molar-refractivity contribution in [2.24, 2.45) is 0 Å². The third kappa shape index (κ3) is 5.05. The van der Waals surface area contributed by atoms with Gasteiger partial charge in [-0.15, -0.1) is 0 Å². The van der Waals surface area contributed by atoms with E-state index in [1.165, 1.54) is 12.2 Å². The van der Waals surface area contributed by atoms with E-state index in [2.05, 4.69) is 5.32 Å². The molecule has 0 bridgehead atoms. The Bertz CT molecular complexity index is 307. The molecule has 0 aromatic heterocycles. The molecular formula is C11H16N2O4. The van der Waals surface area contributed by atoms with Gasteiger partial charge in [-0.3, -0.25) is 19.3 Å². The first-order valence-corrected chi connectivity index (χ1v) is 5.24. The van der Waals surface area contributed by atoms with Crippen LogP contribution < -0.4 is 5.32 Å². The van der Waals surface area contributed by atoms with Crippen LogP contribution in [0.1, 0.15) is 19.8 Å². The molecule has 1 aliphatic rings. The lowest BCUT2D eigenvalue weighted by molar-refractivity contribution is -0.141. The zero-order valence-corrected chi connectivity index (χ0v) is 9.77. The SMILES string of the molecule is C=O.CCCCNC(=O)CN1C(=O)C=CC1=O. The minimum absolute atomic E-state index is 0.186. The molecule has 0 atom stereocenters. The van der Waals surface area contributed by atoms with Crippen LogP contribution in [-0.2, 0) is 19.2 Å². The molecule has 0 aliphatic carbocycles. The number of unbranched alkanes of at least 4 members (excludes halogenated alkanes) is 1. The molecular weight excluding hydrogens is 224 g/mol. The van der Waals surface area contributed by atoms with Gasteiger partial charge in [0.1, 0.15) is 13.3 Å². The van der Waals surface area contributed by atoms with Crippen molar-refractivity contribution in [3.63, 3.8) is 0 Å². The maximum Gasteiger partial charge on any atom is 0.254 e. The van der Waals surface area contributed by atoms with Gasteiger partial charge in [0.25, 0.3) is 11.8 Å². The lowest BCUT2D eigenvalue weighted by atomic mass is 10.3. The van der Waals surface area contributed by atoms with Crippen molar-refractivity contribution < 1.29 is 19.2 Å². The predicted octanol–water partition coefficient (Wildman–Crippen LogP) is -0.357. The van der Waals surface area contributed by atoms with Gasteiger partial charge in [-0.2, -0.15) is 0 Å². The molecule has 1 aliphatic heterocycles. The molecule has 1 N–H and O–H groups in total.